The van der Waals surface area contributed by atoms with E-state index >= 15 is 0 Å². The molecule has 0 saturated carbocycles. The summed E-state index contributed by atoms with van der Waals surface area (Å²) in [5, 5.41) is 14.0. The number of nitrogens with one attached hydrogen (secondary N) is 1. The minimum Gasteiger partial charge on any atom is -0.384 e. The molecule has 1 aliphatic rings. The minimum atomic E-state index is -0.717. The molecule has 0 bridgehead atoms. The van der Waals surface area contributed by atoms with Gasteiger partial charge in [0.25, 0.3) is 0 Å². The molecule has 2 rings (SSSR count). The van der Waals surface area contributed by atoms with Crippen LogP contribution in [0.4, 0.5) is 0 Å². The second-order valence-electron chi connectivity index (χ2n) is 3.47. The van der Waals surface area contributed by atoms with E-state index in [0.29, 0.717) is 11.6 Å². The predicted molar refractivity (Wildman–Crippen MR) is 60.1 cm³/mol. The number of benzene rings is 1. The maximum absolute atomic E-state index is 10.2. The normalized spacial score (nSPS) is 25.9. The Balaban J connectivity index is 0.000000980. The van der Waals surface area contributed by atoms with Crippen molar-refractivity contribution in [3.8, 4) is 0 Å². The lowest BCUT2D eigenvalue weighted by molar-refractivity contribution is 0.0587. The number of halogens is 2. The fourth-order valence-electron chi connectivity index (χ4n) is 1.70. The third-order valence-corrected chi connectivity index (χ3v) is 2.73. The Bertz CT molecular complexity index is 311. The van der Waals surface area contributed by atoms with Crippen molar-refractivity contribution in [2.24, 2.45) is 0 Å². The van der Waals surface area contributed by atoms with E-state index in [9.17, 15) is 5.11 Å². The summed E-state index contributed by atoms with van der Waals surface area (Å²) >= 11 is 5.85. The molecule has 0 aromatic heterocycles. The highest BCUT2D eigenvalue weighted by molar-refractivity contribution is 6.30. The number of aliphatic hydroxyl groups is 1. The van der Waals surface area contributed by atoms with Gasteiger partial charge in [-0.3, -0.25) is 0 Å². The Morgan fingerprint density at radius 1 is 1.43 bits per heavy atom. The van der Waals surface area contributed by atoms with Crippen molar-refractivity contribution in [2.45, 2.75) is 12.0 Å². The van der Waals surface area contributed by atoms with E-state index < -0.39 is 5.60 Å². The van der Waals surface area contributed by atoms with Gasteiger partial charge in [-0.15, -0.1) is 12.4 Å². The lowest BCUT2D eigenvalue weighted by atomic mass is 9.93. The molecule has 1 aliphatic heterocycles. The van der Waals surface area contributed by atoms with Gasteiger partial charge in [0.1, 0.15) is 5.60 Å². The average Bonchev–Trinajstić information content (AvgIpc) is 2.54. The fraction of sp³-hybridized carbons (Fsp3) is 0.400. The number of hydrogen-bond donors (Lipinski definition) is 2. The molecule has 14 heavy (non-hydrogen) atoms. The summed E-state index contributed by atoms with van der Waals surface area (Å²) in [4.78, 5) is 0. The first kappa shape index (κ1) is 11.8. The summed E-state index contributed by atoms with van der Waals surface area (Å²) in [6.07, 6.45) is 0.757. The third-order valence-electron chi connectivity index (χ3n) is 2.49. The molecule has 1 atom stereocenters. The number of hydrogen-bond acceptors (Lipinski definition) is 2. The van der Waals surface area contributed by atoms with Crippen molar-refractivity contribution in [1.82, 2.24) is 5.32 Å². The molecule has 0 amide bonds. The lowest BCUT2D eigenvalue weighted by Crippen LogP contribution is -2.28. The first-order chi connectivity index (χ1) is 6.21. The summed E-state index contributed by atoms with van der Waals surface area (Å²) in [7, 11) is 0. The first-order valence-electron chi connectivity index (χ1n) is 4.40. The zero-order valence-corrected chi connectivity index (χ0v) is 9.24. The maximum Gasteiger partial charge on any atom is 0.103 e. The maximum atomic E-state index is 10.2. The molecule has 2 N–H and O–H groups in total. The second-order valence-corrected chi connectivity index (χ2v) is 3.91. The highest BCUT2D eigenvalue weighted by atomic mass is 35.5. The van der Waals surface area contributed by atoms with Crippen LogP contribution in [-0.2, 0) is 5.60 Å². The Labute approximate surface area is 94.7 Å². The van der Waals surface area contributed by atoms with Crippen molar-refractivity contribution in [3.63, 3.8) is 0 Å². The van der Waals surface area contributed by atoms with Crippen molar-refractivity contribution in [3.05, 3.63) is 34.9 Å². The van der Waals surface area contributed by atoms with E-state index in [0.717, 1.165) is 18.5 Å². The van der Waals surface area contributed by atoms with E-state index in [1.807, 2.05) is 24.3 Å². The largest absolute Gasteiger partial charge is 0.384 e. The summed E-state index contributed by atoms with van der Waals surface area (Å²) < 4.78 is 0. The van der Waals surface area contributed by atoms with Crippen molar-refractivity contribution in [1.29, 1.82) is 0 Å². The van der Waals surface area contributed by atoms with Crippen molar-refractivity contribution in [2.75, 3.05) is 13.1 Å². The van der Waals surface area contributed by atoms with Crippen LogP contribution >= 0.6 is 24.0 Å². The molecular weight excluding hydrogens is 221 g/mol. The lowest BCUT2D eigenvalue weighted by Gasteiger charge is -2.21. The van der Waals surface area contributed by atoms with Crippen LogP contribution in [0.15, 0.2) is 24.3 Å². The molecule has 0 radical (unpaired) electrons. The molecule has 0 spiro atoms. The van der Waals surface area contributed by atoms with Gasteiger partial charge in [-0.1, -0.05) is 23.7 Å². The number of rotatable bonds is 1. The van der Waals surface area contributed by atoms with Crippen molar-refractivity contribution < 1.29 is 5.11 Å². The highest BCUT2D eigenvalue weighted by Crippen LogP contribution is 2.28. The quantitative estimate of drug-likeness (QED) is 0.778. The Hall–Kier alpha value is -0.280. The van der Waals surface area contributed by atoms with Gasteiger partial charge in [-0.05, 0) is 30.7 Å². The zero-order chi connectivity index (χ0) is 9.31. The van der Waals surface area contributed by atoms with Crippen LogP contribution in [0.25, 0.3) is 0 Å². The topological polar surface area (TPSA) is 32.3 Å². The molecule has 1 unspecified atom stereocenters. The van der Waals surface area contributed by atoms with Gasteiger partial charge < -0.3 is 10.4 Å². The van der Waals surface area contributed by atoms with E-state index in [-0.39, 0.29) is 12.4 Å². The Kier molecular flexibility index (Phi) is 3.78. The third kappa shape index (κ3) is 2.20. The summed E-state index contributed by atoms with van der Waals surface area (Å²) in [5.41, 5.74) is 0.190. The van der Waals surface area contributed by atoms with E-state index in [4.69, 9.17) is 11.6 Å². The summed E-state index contributed by atoms with van der Waals surface area (Å²) in [5.74, 6) is 0. The van der Waals surface area contributed by atoms with E-state index in [1.165, 1.54) is 0 Å². The van der Waals surface area contributed by atoms with Gasteiger partial charge in [0.05, 0.1) is 0 Å². The molecule has 1 heterocycles. The van der Waals surface area contributed by atoms with Crippen LogP contribution in [0.3, 0.4) is 0 Å². The Morgan fingerprint density at radius 2 is 2.21 bits per heavy atom. The van der Waals surface area contributed by atoms with Crippen LogP contribution in [0.5, 0.6) is 0 Å². The van der Waals surface area contributed by atoms with Crippen LogP contribution in [0, 0.1) is 0 Å². The van der Waals surface area contributed by atoms with Crippen LogP contribution in [-0.4, -0.2) is 18.2 Å². The average molecular weight is 234 g/mol. The van der Waals surface area contributed by atoms with Gasteiger partial charge in [-0.2, -0.15) is 0 Å². The molecular formula is C10H13Cl2NO. The summed E-state index contributed by atoms with van der Waals surface area (Å²) in [6, 6.07) is 7.43. The van der Waals surface area contributed by atoms with Crippen molar-refractivity contribution >= 4 is 24.0 Å². The molecule has 0 aliphatic carbocycles. The molecule has 4 heteroatoms. The van der Waals surface area contributed by atoms with Crippen LogP contribution in [0.2, 0.25) is 5.02 Å². The molecule has 2 nitrogen and oxygen atoms in total. The SMILES string of the molecule is Cl.OC1(c2cccc(Cl)c2)CCNC1. The highest BCUT2D eigenvalue weighted by Gasteiger charge is 2.32. The van der Waals surface area contributed by atoms with E-state index in [2.05, 4.69) is 5.32 Å². The number of β-amino-alcohol motifs (C(OH)–C–C–N with tert-alkyl or cyclic N) is 1. The minimum absolute atomic E-state index is 0. The molecule has 1 aromatic carbocycles. The standard InChI is InChI=1S/C10H12ClNO.ClH/c11-9-3-1-2-8(6-9)10(13)4-5-12-7-10;/h1-3,6,12-13H,4-5,7H2;1H. The Morgan fingerprint density at radius 3 is 2.79 bits per heavy atom. The van der Waals surface area contributed by atoms with Crippen LogP contribution in [0.1, 0.15) is 12.0 Å². The summed E-state index contributed by atoms with van der Waals surface area (Å²) in [6.45, 7) is 1.48. The van der Waals surface area contributed by atoms with Crippen LogP contribution < -0.4 is 5.32 Å². The van der Waals surface area contributed by atoms with Gasteiger partial charge in [0, 0.05) is 11.6 Å². The van der Waals surface area contributed by atoms with Gasteiger partial charge in [0.2, 0.25) is 0 Å². The monoisotopic (exact) mass is 233 g/mol. The molecule has 1 fully saturated rings. The molecule has 1 aromatic rings. The smallest absolute Gasteiger partial charge is 0.103 e. The van der Waals surface area contributed by atoms with E-state index in [1.54, 1.807) is 0 Å². The molecule has 78 valence electrons. The van der Waals surface area contributed by atoms with Gasteiger partial charge >= 0.3 is 0 Å². The molecule has 1 saturated heterocycles. The first-order valence-corrected chi connectivity index (χ1v) is 4.78. The predicted octanol–water partition coefficient (Wildman–Crippen LogP) is 1.94. The van der Waals surface area contributed by atoms with Gasteiger partial charge in [0.15, 0.2) is 0 Å². The second kappa shape index (κ2) is 4.49. The van der Waals surface area contributed by atoms with Gasteiger partial charge in [-0.25, -0.2) is 0 Å². The zero-order valence-electron chi connectivity index (χ0n) is 7.66. The fourth-order valence-corrected chi connectivity index (χ4v) is 1.89.